The highest BCUT2D eigenvalue weighted by atomic mass is 35.5. The second-order valence-electron chi connectivity index (χ2n) is 5.08. The van der Waals surface area contributed by atoms with E-state index in [1.54, 1.807) is 0 Å². The molecule has 0 saturated carbocycles. The van der Waals surface area contributed by atoms with Crippen molar-refractivity contribution in [2.24, 2.45) is 5.73 Å². The van der Waals surface area contributed by atoms with Crippen molar-refractivity contribution in [1.82, 2.24) is 0 Å². The largest absolute Gasteiger partial charge is 0.490 e. The van der Waals surface area contributed by atoms with E-state index >= 15 is 0 Å². The summed E-state index contributed by atoms with van der Waals surface area (Å²) < 4.78 is 11.2. The summed E-state index contributed by atoms with van der Waals surface area (Å²) >= 11 is 6.34. The van der Waals surface area contributed by atoms with Crippen molar-refractivity contribution in [1.29, 1.82) is 0 Å². The van der Waals surface area contributed by atoms with Gasteiger partial charge in [-0.2, -0.15) is 0 Å². The fourth-order valence-corrected chi connectivity index (χ4v) is 2.15. The van der Waals surface area contributed by atoms with Gasteiger partial charge < -0.3 is 15.2 Å². The Kier molecular flexibility index (Phi) is 3.50. The first-order valence-electron chi connectivity index (χ1n) is 5.83. The molecule has 1 aromatic rings. The molecule has 0 radical (unpaired) electrons. The first kappa shape index (κ1) is 12.5. The molecule has 1 aliphatic heterocycles. The number of ether oxygens (including phenoxy) is 2. The van der Waals surface area contributed by atoms with E-state index in [0.717, 1.165) is 17.7 Å². The normalized spacial score (nSPS) is 15.5. The molecule has 2 rings (SSSR count). The molecule has 0 bridgehead atoms. The van der Waals surface area contributed by atoms with Gasteiger partial charge in [0, 0.05) is 12.0 Å². The number of halogens is 1. The number of fused-ring (bicyclic) bond motifs is 1. The van der Waals surface area contributed by atoms with E-state index in [1.165, 1.54) is 0 Å². The third-order valence-corrected chi connectivity index (χ3v) is 2.99. The highest BCUT2D eigenvalue weighted by Crippen LogP contribution is 2.39. The van der Waals surface area contributed by atoms with Gasteiger partial charge in [-0.3, -0.25) is 0 Å². The van der Waals surface area contributed by atoms with E-state index in [-0.39, 0.29) is 5.54 Å². The average molecular weight is 256 g/mol. The number of hydrogen-bond donors (Lipinski definition) is 1. The fourth-order valence-electron chi connectivity index (χ4n) is 1.87. The summed E-state index contributed by atoms with van der Waals surface area (Å²) in [6.45, 7) is 5.27. The smallest absolute Gasteiger partial charge is 0.180 e. The van der Waals surface area contributed by atoms with Crippen LogP contribution in [0.3, 0.4) is 0 Å². The summed E-state index contributed by atoms with van der Waals surface area (Å²) in [6.07, 6.45) is 1.59. The van der Waals surface area contributed by atoms with Crippen molar-refractivity contribution in [2.45, 2.75) is 32.2 Å². The predicted octanol–water partition coefficient (Wildman–Crippen LogP) is 2.78. The molecule has 0 spiro atoms. The van der Waals surface area contributed by atoms with Crippen LogP contribution in [0.4, 0.5) is 0 Å². The lowest BCUT2D eigenvalue weighted by atomic mass is 9.96. The van der Waals surface area contributed by atoms with Gasteiger partial charge in [-0.05, 0) is 31.9 Å². The molecule has 0 atom stereocenters. The Labute approximate surface area is 107 Å². The molecule has 0 aliphatic carbocycles. The number of benzene rings is 1. The summed E-state index contributed by atoms with van der Waals surface area (Å²) in [6, 6.07) is 3.87. The van der Waals surface area contributed by atoms with Crippen LogP contribution in [0.25, 0.3) is 0 Å². The SMILES string of the molecule is CC(C)(N)Cc1ccc2c(c1Cl)OCCCO2. The minimum absolute atomic E-state index is 0.288. The zero-order valence-corrected chi connectivity index (χ0v) is 11.0. The van der Waals surface area contributed by atoms with Crippen molar-refractivity contribution in [2.75, 3.05) is 13.2 Å². The van der Waals surface area contributed by atoms with Crippen molar-refractivity contribution in [3.63, 3.8) is 0 Å². The Morgan fingerprint density at radius 2 is 2.00 bits per heavy atom. The summed E-state index contributed by atoms with van der Waals surface area (Å²) in [5.74, 6) is 1.39. The van der Waals surface area contributed by atoms with E-state index < -0.39 is 0 Å². The minimum Gasteiger partial charge on any atom is -0.490 e. The second kappa shape index (κ2) is 4.75. The van der Waals surface area contributed by atoms with Gasteiger partial charge >= 0.3 is 0 Å². The molecule has 0 saturated heterocycles. The quantitative estimate of drug-likeness (QED) is 0.884. The fraction of sp³-hybridized carbons (Fsp3) is 0.538. The van der Waals surface area contributed by atoms with Gasteiger partial charge in [-0.25, -0.2) is 0 Å². The number of nitrogens with two attached hydrogens (primary N) is 1. The molecule has 0 fully saturated rings. The monoisotopic (exact) mass is 255 g/mol. The van der Waals surface area contributed by atoms with Crippen molar-refractivity contribution >= 4 is 11.6 Å². The zero-order chi connectivity index (χ0) is 12.5. The molecule has 1 aliphatic rings. The molecular weight excluding hydrogens is 238 g/mol. The second-order valence-corrected chi connectivity index (χ2v) is 5.46. The molecular formula is C13H18ClNO2. The van der Waals surface area contributed by atoms with Crippen LogP contribution in [-0.2, 0) is 6.42 Å². The zero-order valence-electron chi connectivity index (χ0n) is 10.3. The molecule has 0 amide bonds. The lowest BCUT2D eigenvalue weighted by Crippen LogP contribution is -2.34. The molecule has 1 heterocycles. The Balaban J connectivity index is 2.34. The summed E-state index contributed by atoms with van der Waals surface area (Å²) in [4.78, 5) is 0. The maximum Gasteiger partial charge on any atom is 0.180 e. The van der Waals surface area contributed by atoms with Crippen molar-refractivity contribution < 1.29 is 9.47 Å². The summed E-state index contributed by atoms with van der Waals surface area (Å²) in [7, 11) is 0. The van der Waals surface area contributed by atoms with Gasteiger partial charge in [0.1, 0.15) is 0 Å². The van der Waals surface area contributed by atoms with Crippen LogP contribution in [0.5, 0.6) is 11.5 Å². The van der Waals surface area contributed by atoms with Crippen LogP contribution >= 0.6 is 11.6 Å². The van der Waals surface area contributed by atoms with E-state index in [4.69, 9.17) is 26.8 Å². The molecule has 94 valence electrons. The predicted molar refractivity (Wildman–Crippen MR) is 69.0 cm³/mol. The van der Waals surface area contributed by atoms with Crippen LogP contribution in [0.2, 0.25) is 5.02 Å². The maximum atomic E-state index is 6.34. The van der Waals surface area contributed by atoms with Crippen LogP contribution in [0.15, 0.2) is 12.1 Å². The lowest BCUT2D eigenvalue weighted by Gasteiger charge is -2.20. The van der Waals surface area contributed by atoms with Gasteiger partial charge in [0.15, 0.2) is 11.5 Å². The topological polar surface area (TPSA) is 44.5 Å². The van der Waals surface area contributed by atoms with Gasteiger partial charge in [-0.1, -0.05) is 17.7 Å². The summed E-state index contributed by atoms with van der Waals surface area (Å²) in [5, 5.41) is 0.628. The number of hydrogen-bond acceptors (Lipinski definition) is 3. The third-order valence-electron chi connectivity index (χ3n) is 2.58. The Morgan fingerprint density at radius 1 is 1.29 bits per heavy atom. The maximum absolute atomic E-state index is 6.34. The average Bonchev–Trinajstić information content (AvgIpc) is 2.46. The number of rotatable bonds is 2. The summed E-state index contributed by atoms with van der Waals surface area (Å²) in [5.41, 5.74) is 6.73. The molecule has 4 heteroatoms. The third kappa shape index (κ3) is 3.05. The molecule has 2 N–H and O–H groups in total. The molecule has 1 aromatic carbocycles. The Morgan fingerprint density at radius 3 is 2.71 bits per heavy atom. The van der Waals surface area contributed by atoms with E-state index in [9.17, 15) is 0 Å². The van der Waals surface area contributed by atoms with Crippen LogP contribution in [-0.4, -0.2) is 18.8 Å². The van der Waals surface area contributed by atoms with Crippen LogP contribution < -0.4 is 15.2 Å². The Hall–Kier alpha value is -0.930. The first-order chi connectivity index (χ1) is 7.97. The molecule has 0 unspecified atom stereocenters. The molecule has 17 heavy (non-hydrogen) atoms. The highest BCUT2D eigenvalue weighted by molar-refractivity contribution is 6.33. The minimum atomic E-state index is -0.288. The van der Waals surface area contributed by atoms with Gasteiger partial charge in [0.2, 0.25) is 0 Å². The van der Waals surface area contributed by atoms with E-state index in [2.05, 4.69) is 0 Å². The van der Waals surface area contributed by atoms with Crippen molar-refractivity contribution in [3.05, 3.63) is 22.7 Å². The van der Waals surface area contributed by atoms with Crippen molar-refractivity contribution in [3.8, 4) is 11.5 Å². The molecule has 0 aromatic heterocycles. The van der Waals surface area contributed by atoms with Crippen LogP contribution in [0.1, 0.15) is 25.8 Å². The Bertz CT molecular complexity index is 413. The van der Waals surface area contributed by atoms with E-state index in [1.807, 2.05) is 26.0 Å². The van der Waals surface area contributed by atoms with E-state index in [0.29, 0.717) is 30.4 Å². The lowest BCUT2D eigenvalue weighted by molar-refractivity contribution is 0.297. The van der Waals surface area contributed by atoms with Gasteiger partial charge in [0.05, 0.1) is 18.2 Å². The molecule has 3 nitrogen and oxygen atoms in total. The highest BCUT2D eigenvalue weighted by Gasteiger charge is 2.20. The van der Waals surface area contributed by atoms with Gasteiger partial charge in [-0.15, -0.1) is 0 Å². The standard InChI is InChI=1S/C13H18ClNO2/c1-13(2,15)8-9-4-5-10-12(11(9)14)17-7-3-6-16-10/h4-5H,3,6-8,15H2,1-2H3. The van der Waals surface area contributed by atoms with Crippen LogP contribution in [0, 0.1) is 0 Å². The first-order valence-corrected chi connectivity index (χ1v) is 6.21. The van der Waals surface area contributed by atoms with Gasteiger partial charge in [0.25, 0.3) is 0 Å².